The average molecular weight is 274 g/mol. The molecular formula is C14H14N2O4. The highest BCUT2D eigenvalue weighted by molar-refractivity contribution is 5.79. The molecule has 0 fully saturated rings. The van der Waals surface area contributed by atoms with Crippen molar-refractivity contribution in [2.75, 3.05) is 6.54 Å². The first-order valence-electron chi connectivity index (χ1n) is 6.15. The number of nitrogens with zero attached hydrogens (tertiary/aromatic N) is 2. The number of esters is 1. The van der Waals surface area contributed by atoms with Crippen molar-refractivity contribution in [2.45, 2.75) is 25.3 Å². The number of unbranched alkanes of at least 4 members (excludes halogenated alkanes) is 1. The van der Waals surface area contributed by atoms with Gasteiger partial charge >= 0.3 is 5.97 Å². The third-order valence-corrected chi connectivity index (χ3v) is 2.50. The van der Waals surface area contributed by atoms with Gasteiger partial charge in [-0.3, -0.25) is 0 Å². The molecule has 6 heteroatoms. The number of ether oxygens (including phenoxy) is 1. The van der Waals surface area contributed by atoms with Crippen molar-refractivity contribution in [3.05, 3.63) is 30.3 Å². The van der Waals surface area contributed by atoms with E-state index in [2.05, 4.69) is 9.98 Å². The number of benzene rings is 1. The van der Waals surface area contributed by atoms with Gasteiger partial charge in [0.25, 0.3) is 0 Å². The summed E-state index contributed by atoms with van der Waals surface area (Å²) in [5.41, 5.74) is 0. The summed E-state index contributed by atoms with van der Waals surface area (Å²) in [5.74, 6) is -0.201. The van der Waals surface area contributed by atoms with Crippen LogP contribution in [0.3, 0.4) is 0 Å². The normalized spacial score (nSPS) is 10.8. The molecule has 20 heavy (non-hydrogen) atoms. The number of aliphatic imine (C=N–C) groups is 2. The van der Waals surface area contributed by atoms with Crippen LogP contribution in [0, 0.1) is 0 Å². The number of carbonyl (C=O) groups is 1. The highest BCUT2D eigenvalue weighted by Crippen LogP contribution is 2.12. The predicted molar refractivity (Wildman–Crippen MR) is 70.8 cm³/mol. The maximum Gasteiger partial charge on any atom is 0.337 e. The summed E-state index contributed by atoms with van der Waals surface area (Å²) in [4.78, 5) is 38.9. The summed E-state index contributed by atoms with van der Waals surface area (Å²) in [7, 11) is 0. The fourth-order valence-electron chi connectivity index (χ4n) is 1.55. The van der Waals surface area contributed by atoms with Crippen LogP contribution in [-0.2, 0) is 14.4 Å². The number of isocyanates is 2. The van der Waals surface area contributed by atoms with Crippen molar-refractivity contribution in [2.24, 2.45) is 9.98 Å². The van der Waals surface area contributed by atoms with Crippen molar-refractivity contribution in [1.82, 2.24) is 0 Å². The summed E-state index contributed by atoms with van der Waals surface area (Å²) in [5, 5.41) is 0. The third kappa shape index (κ3) is 5.87. The van der Waals surface area contributed by atoms with Gasteiger partial charge in [0, 0.05) is 0 Å². The van der Waals surface area contributed by atoms with Crippen molar-refractivity contribution in [3.8, 4) is 5.75 Å². The van der Waals surface area contributed by atoms with Crippen molar-refractivity contribution < 1.29 is 19.1 Å². The first-order valence-corrected chi connectivity index (χ1v) is 6.15. The van der Waals surface area contributed by atoms with Crippen molar-refractivity contribution >= 4 is 18.1 Å². The van der Waals surface area contributed by atoms with Gasteiger partial charge in [0.05, 0.1) is 6.54 Å². The van der Waals surface area contributed by atoms with Gasteiger partial charge in [-0.2, -0.15) is 4.99 Å². The smallest absolute Gasteiger partial charge is 0.337 e. The van der Waals surface area contributed by atoms with Gasteiger partial charge < -0.3 is 4.74 Å². The van der Waals surface area contributed by atoms with Crippen molar-refractivity contribution in [1.29, 1.82) is 0 Å². The molecule has 1 unspecified atom stereocenters. The van der Waals surface area contributed by atoms with E-state index in [0.29, 0.717) is 31.6 Å². The fourth-order valence-corrected chi connectivity index (χ4v) is 1.55. The molecule has 1 atom stereocenters. The molecule has 104 valence electrons. The molecular weight excluding hydrogens is 260 g/mol. The molecule has 0 heterocycles. The Balaban J connectivity index is 2.50. The molecule has 0 saturated carbocycles. The Morgan fingerprint density at radius 2 is 1.90 bits per heavy atom. The summed E-state index contributed by atoms with van der Waals surface area (Å²) < 4.78 is 5.11. The molecule has 0 aliphatic heterocycles. The van der Waals surface area contributed by atoms with Crippen LogP contribution in [-0.4, -0.2) is 30.7 Å². The Bertz CT molecular complexity index is 517. The zero-order valence-electron chi connectivity index (χ0n) is 10.8. The average Bonchev–Trinajstić information content (AvgIpc) is 2.47. The highest BCUT2D eigenvalue weighted by Gasteiger charge is 2.19. The van der Waals surface area contributed by atoms with Gasteiger partial charge in [0.1, 0.15) is 5.75 Å². The van der Waals surface area contributed by atoms with Crippen LogP contribution in [0.2, 0.25) is 0 Å². The van der Waals surface area contributed by atoms with Gasteiger partial charge in [-0.25, -0.2) is 19.4 Å². The van der Waals surface area contributed by atoms with E-state index in [9.17, 15) is 14.4 Å². The molecule has 1 rings (SSSR count). The Kier molecular flexibility index (Phi) is 7.28. The lowest BCUT2D eigenvalue weighted by Gasteiger charge is -2.09. The van der Waals surface area contributed by atoms with E-state index < -0.39 is 12.0 Å². The largest absolute Gasteiger partial charge is 0.425 e. The zero-order valence-corrected chi connectivity index (χ0v) is 10.8. The molecule has 0 bridgehead atoms. The molecule has 0 aromatic heterocycles. The number of hydrogen-bond acceptors (Lipinski definition) is 6. The Morgan fingerprint density at radius 3 is 2.55 bits per heavy atom. The molecule has 0 amide bonds. The van der Waals surface area contributed by atoms with E-state index in [1.807, 2.05) is 0 Å². The quantitative estimate of drug-likeness (QED) is 0.238. The van der Waals surface area contributed by atoms with Crippen LogP contribution in [0.1, 0.15) is 19.3 Å². The molecule has 1 aromatic rings. The van der Waals surface area contributed by atoms with Gasteiger partial charge in [0.2, 0.25) is 12.2 Å². The Labute approximate surface area is 116 Å². The molecule has 0 radical (unpaired) electrons. The van der Waals surface area contributed by atoms with Gasteiger partial charge in [-0.15, -0.1) is 0 Å². The molecule has 0 saturated heterocycles. The second-order valence-electron chi connectivity index (χ2n) is 3.94. The highest BCUT2D eigenvalue weighted by atomic mass is 16.5. The van der Waals surface area contributed by atoms with E-state index in [-0.39, 0.29) is 0 Å². The van der Waals surface area contributed by atoms with E-state index in [0.717, 1.165) is 0 Å². The number of para-hydroxylation sites is 1. The maximum atomic E-state index is 11.8. The van der Waals surface area contributed by atoms with E-state index >= 15 is 0 Å². The summed E-state index contributed by atoms with van der Waals surface area (Å²) in [6, 6.07) is 7.66. The topological polar surface area (TPSA) is 85.2 Å². The number of carbonyl (C=O) groups excluding carboxylic acids is 3. The lowest BCUT2D eigenvalue weighted by Crippen LogP contribution is -2.24. The van der Waals surface area contributed by atoms with E-state index in [4.69, 9.17) is 4.74 Å². The number of hydrogen-bond donors (Lipinski definition) is 0. The monoisotopic (exact) mass is 274 g/mol. The van der Waals surface area contributed by atoms with Gasteiger partial charge in [-0.05, 0) is 31.4 Å². The van der Waals surface area contributed by atoms with Crippen LogP contribution in [0.5, 0.6) is 5.75 Å². The summed E-state index contributed by atoms with van der Waals surface area (Å²) in [6.45, 7) is 0.342. The first kappa shape index (κ1) is 15.5. The third-order valence-electron chi connectivity index (χ3n) is 2.50. The minimum absolute atomic E-state index is 0.342. The molecule has 0 aliphatic rings. The summed E-state index contributed by atoms with van der Waals surface area (Å²) >= 11 is 0. The molecule has 1 aromatic carbocycles. The lowest BCUT2D eigenvalue weighted by molar-refractivity contribution is -0.135. The number of rotatable bonds is 8. The van der Waals surface area contributed by atoms with Gasteiger partial charge in [0.15, 0.2) is 6.04 Å². The lowest BCUT2D eigenvalue weighted by atomic mass is 10.1. The SMILES string of the molecule is O=C=NCCCCC(N=C=O)C(=O)Oc1ccccc1. The van der Waals surface area contributed by atoms with Crippen LogP contribution < -0.4 is 4.74 Å². The Morgan fingerprint density at radius 1 is 1.15 bits per heavy atom. The van der Waals surface area contributed by atoms with Crippen molar-refractivity contribution in [3.63, 3.8) is 0 Å². The predicted octanol–water partition coefficient (Wildman–Crippen LogP) is 1.80. The minimum atomic E-state index is -0.882. The molecule has 6 nitrogen and oxygen atoms in total. The second kappa shape index (κ2) is 9.39. The molecule has 0 N–H and O–H groups in total. The van der Waals surface area contributed by atoms with Crippen LogP contribution in [0.4, 0.5) is 0 Å². The summed E-state index contributed by atoms with van der Waals surface area (Å²) in [6.07, 6.45) is 4.35. The van der Waals surface area contributed by atoms with Crippen LogP contribution >= 0.6 is 0 Å². The standard InChI is InChI=1S/C14H14N2O4/c17-10-15-9-5-4-8-13(16-11-18)14(19)20-12-6-2-1-3-7-12/h1-3,6-7,13H,4-5,8-9H2. The van der Waals surface area contributed by atoms with Crippen LogP contribution in [0.25, 0.3) is 0 Å². The van der Waals surface area contributed by atoms with Gasteiger partial charge in [-0.1, -0.05) is 18.2 Å². The van der Waals surface area contributed by atoms with E-state index in [1.165, 1.54) is 12.2 Å². The van der Waals surface area contributed by atoms with Crippen LogP contribution in [0.15, 0.2) is 40.3 Å². The zero-order chi connectivity index (χ0) is 14.6. The first-order chi connectivity index (χ1) is 9.77. The molecule has 0 aliphatic carbocycles. The second-order valence-corrected chi connectivity index (χ2v) is 3.94. The maximum absolute atomic E-state index is 11.8. The van der Waals surface area contributed by atoms with E-state index in [1.54, 1.807) is 30.3 Å². The molecule has 0 spiro atoms. The fraction of sp³-hybridized carbons (Fsp3) is 0.357. The Hall–Kier alpha value is -2.55. The minimum Gasteiger partial charge on any atom is -0.425 e.